The molecule has 0 aromatic heterocycles. The molecular weight excluding hydrogens is 420 g/mol. The maximum atomic E-state index is 12.2. The molecule has 29 heavy (non-hydrogen) atoms. The van der Waals surface area contributed by atoms with Crippen LogP contribution in [0, 0.1) is 13.8 Å². The highest BCUT2D eigenvalue weighted by Gasteiger charge is 2.19. The molecule has 8 nitrogen and oxygen atoms in total. The average molecular weight is 445 g/mol. The van der Waals surface area contributed by atoms with Gasteiger partial charge in [0.2, 0.25) is 0 Å². The summed E-state index contributed by atoms with van der Waals surface area (Å²) >= 11 is 0. The Bertz CT molecular complexity index is 982. The van der Waals surface area contributed by atoms with Gasteiger partial charge in [0, 0.05) is 7.11 Å². The van der Waals surface area contributed by atoms with E-state index in [4.69, 9.17) is 17.8 Å². The second-order valence-corrected chi connectivity index (χ2v) is 9.41. The summed E-state index contributed by atoms with van der Waals surface area (Å²) in [4.78, 5) is 0.0596. The van der Waals surface area contributed by atoms with E-state index in [9.17, 15) is 16.8 Å². The number of hydrogen-bond acceptors (Lipinski definition) is 8. The normalized spacial score (nSPS) is 13.3. The summed E-state index contributed by atoms with van der Waals surface area (Å²) in [6.45, 7) is 2.89. The molecular formula is C19H24O8S2. The van der Waals surface area contributed by atoms with Gasteiger partial charge in [-0.1, -0.05) is 35.4 Å². The standard InChI is InChI=1S/C19H24O8S2/c1-15-4-8-17(9-5-15)28(20,21)26-13-12-25-19(24-3)14-27-29(22,23)18-10-6-16(2)7-11-18/h4-11,19H,12-14H2,1-3H3/t19-/m1/s1. The van der Waals surface area contributed by atoms with Crippen molar-refractivity contribution >= 4 is 20.2 Å². The van der Waals surface area contributed by atoms with Gasteiger partial charge in [0.05, 0.1) is 23.0 Å². The van der Waals surface area contributed by atoms with E-state index in [1.165, 1.54) is 31.4 Å². The molecule has 0 saturated carbocycles. The van der Waals surface area contributed by atoms with Crippen LogP contribution < -0.4 is 0 Å². The van der Waals surface area contributed by atoms with Crippen LogP contribution in [0.4, 0.5) is 0 Å². The predicted molar refractivity (Wildman–Crippen MR) is 105 cm³/mol. The maximum absolute atomic E-state index is 12.2. The van der Waals surface area contributed by atoms with E-state index in [0.29, 0.717) is 0 Å². The Morgan fingerprint density at radius 2 is 1.17 bits per heavy atom. The number of hydrogen-bond donors (Lipinski definition) is 0. The molecule has 0 radical (unpaired) electrons. The number of benzene rings is 2. The van der Waals surface area contributed by atoms with Gasteiger partial charge < -0.3 is 9.47 Å². The van der Waals surface area contributed by atoms with Crippen LogP contribution in [-0.2, 0) is 38.1 Å². The zero-order valence-corrected chi connectivity index (χ0v) is 18.0. The molecule has 2 rings (SSSR count). The van der Waals surface area contributed by atoms with Crippen LogP contribution in [0.15, 0.2) is 58.3 Å². The van der Waals surface area contributed by atoms with Crippen LogP contribution in [0.3, 0.4) is 0 Å². The van der Waals surface area contributed by atoms with Crippen molar-refractivity contribution in [3.05, 3.63) is 59.7 Å². The van der Waals surface area contributed by atoms with Gasteiger partial charge in [0.15, 0.2) is 6.29 Å². The largest absolute Gasteiger partial charge is 0.353 e. The lowest BCUT2D eigenvalue weighted by Gasteiger charge is -2.16. The fourth-order valence-electron chi connectivity index (χ4n) is 2.20. The summed E-state index contributed by atoms with van der Waals surface area (Å²) in [7, 11) is -6.55. The van der Waals surface area contributed by atoms with Crippen LogP contribution in [0.25, 0.3) is 0 Å². The molecule has 0 saturated heterocycles. The van der Waals surface area contributed by atoms with E-state index < -0.39 is 33.1 Å². The van der Waals surface area contributed by atoms with Gasteiger partial charge in [-0.05, 0) is 38.1 Å². The SMILES string of the molecule is CO[C@@H](COS(=O)(=O)c1ccc(C)cc1)OCCOS(=O)(=O)c1ccc(C)cc1. The highest BCUT2D eigenvalue weighted by Crippen LogP contribution is 2.15. The summed E-state index contributed by atoms with van der Waals surface area (Å²) in [5.74, 6) is 0. The fraction of sp³-hybridized carbons (Fsp3) is 0.368. The fourth-order valence-corrected chi connectivity index (χ4v) is 3.99. The van der Waals surface area contributed by atoms with Crippen molar-refractivity contribution in [2.24, 2.45) is 0 Å². The molecule has 2 aromatic rings. The van der Waals surface area contributed by atoms with Gasteiger partial charge in [0.1, 0.15) is 6.61 Å². The topological polar surface area (TPSA) is 105 Å². The van der Waals surface area contributed by atoms with E-state index in [2.05, 4.69) is 0 Å². The van der Waals surface area contributed by atoms with Gasteiger partial charge >= 0.3 is 0 Å². The zero-order chi connectivity index (χ0) is 21.5. The molecule has 0 aliphatic heterocycles. The quantitative estimate of drug-likeness (QED) is 0.296. The van der Waals surface area contributed by atoms with Crippen LogP contribution >= 0.6 is 0 Å². The average Bonchev–Trinajstić information content (AvgIpc) is 2.68. The van der Waals surface area contributed by atoms with Crippen LogP contribution in [0.5, 0.6) is 0 Å². The van der Waals surface area contributed by atoms with Crippen molar-refractivity contribution in [1.82, 2.24) is 0 Å². The third kappa shape index (κ3) is 7.18. The lowest BCUT2D eigenvalue weighted by molar-refractivity contribution is -0.144. The molecule has 0 N–H and O–H groups in total. The predicted octanol–water partition coefficient (Wildman–Crippen LogP) is 2.40. The summed E-state index contributed by atoms with van der Waals surface area (Å²) in [5, 5.41) is 0. The van der Waals surface area contributed by atoms with E-state index in [1.54, 1.807) is 24.3 Å². The number of aryl methyl sites for hydroxylation is 2. The molecule has 0 aliphatic carbocycles. The minimum absolute atomic E-state index is 0.0190. The van der Waals surface area contributed by atoms with E-state index in [1.807, 2.05) is 13.8 Å². The Balaban J connectivity index is 1.81. The van der Waals surface area contributed by atoms with Gasteiger partial charge in [-0.15, -0.1) is 0 Å². The summed E-state index contributed by atoms with van der Waals surface area (Å²) in [6.07, 6.45) is -1.01. The number of methoxy groups -OCH3 is 1. The summed E-state index contributed by atoms with van der Waals surface area (Å²) in [5.41, 5.74) is 1.85. The monoisotopic (exact) mass is 444 g/mol. The second kappa shape index (κ2) is 10.3. The molecule has 0 fully saturated rings. The lowest BCUT2D eigenvalue weighted by atomic mass is 10.2. The van der Waals surface area contributed by atoms with Crippen molar-refractivity contribution in [3.8, 4) is 0 Å². The Labute approximate surface area is 171 Å². The first-order valence-electron chi connectivity index (χ1n) is 8.70. The van der Waals surface area contributed by atoms with Gasteiger partial charge in [-0.3, -0.25) is 8.37 Å². The molecule has 1 atom stereocenters. The van der Waals surface area contributed by atoms with E-state index in [0.717, 1.165) is 11.1 Å². The Hall–Kier alpha value is -1.82. The van der Waals surface area contributed by atoms with E-state index >= 15 is 0 Å². The Kier molecular flexibility index (Phi) is 8.32. The van der Waals surface area contributed by atoms with Crippen molar-refractivity contribution in [2.75, 3.05) is 26.9 Å². The van der Waals surface area contributed by atoms with E-state index in [-0.39, 0.29) is 23.0 Å². The molecule has 0 aliphatic rings. The molecule has 0 heterocycles. The number of ether oxygens (including phenoxy) is 2. The minimum Gasteiger partial charge on any atom is -0.353 e. The smallest absolute Gasteiger partial charge is 0.297 e. The third-order valence-electron chi connectivity index (χ3n) is 3.87. The maximum Gasteiger partial charge on any atom is 0.297 e. The first-order valence-corrected chi connectivity index (χ1v) is 11.5. The van der Waals surface area contributed by atoms with Crippen LogP contribution in [0.2, 0.25) is 0 Å². The number of rotatable bonds is 11. The Morgan fingerprint density at radius 1 is 0.724 bits per heavy atom. The second-order valence-electron chi connectivity index (χ2n) is 6.18. The van der Waals surface area contributed by atoms with Crippen LogP contribution in [-0.4, -0.2) is 50.1 Å². The summed E-state index contributed by atoms with van der Waals surface area (Å²) < 4.78 is 68.7. The molecule has 0 spiro atoms. The van der Waals surface area contributed by atoms with Crippen molar-refractivity contribution in [3.63, 3.8) is 0 Å². The molecule has 0 unspecified atom stereocenters. The first kappa shape index (κ1) is 23.5. The highest BCUT2D eigenvalue weighted by atomic mass is 32.2. The van der Waals surface area contributed by atoms with Crippen molar-refractivity contribution in [2.45, 2.75) is 29.9 Å². The minimum atomic E-state index is -3.96. The van der Waals surface area contributed by atoms with Gasteiger partial charge in [0.25, 0.3) is 20.2 Å². The van der Waals surface area contributed by atoms with Gasteiger partial charge in [-0.2, -0.15) is 16.8 Å². The van der Waals surface area contributed by atoms with Crippen molar-refractivity contribution in [1.29, 1.82) is 0 Å². The Morgan fingerprint density at radius 3 is 1.62 bits per heavy atom. The molecule has 0 bridgehead atoms. The van der Waals surface area contributed by atoms with Crippen LogP contribution in [0.1, 0.15) is 11.1 Å². The third-order valence-corrected chi connectivity index (χ3v) is 6.49. The summed E-state index contributed by atoms with van der Waals surface area (Å²) in [6, 6.07) is 12.4. The molecule has 2 aromatic carbocycles. The highest BCUT2D eigenvalue weighted by molar-refractivity contribution is 7.87. The molecule has 10 heteroatoms. The first-order chi connectivity index (χ1) is 13.6. The molecule has 160 valence electrons. The van der Waals surface area contributed by atoms with Crippen molar-refractivity contribution < 1.29 is 34.7 Å². The van der Waals surface area contributed by atoms with Gasteiger partial charge in [-0.25, -0.2) is 0 Å². The zero-order valence-electron chi connectivity index (χ0n) is 16.4. The molecule has 0 amide bonds. The lowest BCUT2D eigenvalue weighted by Crippen LogP contribution is -2.26.